The van der Waals surface area contributed by atoms with E-state index in [2.05, 4.69) is 115 Å². The van der Waals surface area contributed by atoms with Gasteiger partial charge in [0, 0.05) is 42.4 Å². The number of hydrogen-bond donors (Lipinski definition) is 0. The highest BCUT2D eigenvalue weighted by Crippen LogP contribution is 2.48. The first-order valence-corrected chi connectivity index (χ1v) is 15.3. The van der Waals surface area contributed by atoms with E-state index >= 15 is 0 Å². The quantitative estimate of drug-likeness (QED) is 0.195. The lowest BCUT2D eigenvalue weighted by Crippen LogP contribution is -1.91. The fraction of sp³-hybridized carbons (Fsp3) is 0. The van der Waals surface area contributed by atoms with Crippen LogP contribution < -0.4 is 0 Å². The van der Waals surface area contributed by atoms with Crippen molar-refractivity contribution >= 4 is 86.0 Å². The second-order valence-corrected chi connectivity index (χ2v) is 12.3. The van der Waals surface area contributed by atoms with Gasteiger partial charge in [-0.15, -0.1) is 11.3 Å². The number of rotatable bonds is 2. The molecule has 0 bridgehead atoms. The predicted molar refractivity (Wildman–Crippen MR) is 182 cm³/mol. The molecular formula is C40H22O2S. The average molecular weight is 567 g/mol. The highest BCUT2D eigenvalue weighted by Gasteiger charge is 2.20. The first kappa shape index (κ1) is 23.2. The second-order valence-electron chi connectivity index (χ2n) is 11.2. The lowest BCUT2D eigenvalue weighted by atomic mass is 9.85. The molecule has 0 amide bonds. The summed E-state index contributed by atoms with van der Waals surface area (Å²) in [6, 6.07) is 46.1. The van der Waals surface area contributed by atoms with E-state index < -0.39 is 0 Å². The molecule has 0 spiro atoms. The Bertz CT molecular complexity index is 2680. The minimum atomic E-state index is 0.841. The zero-order valence-electron chi connectivity index (χ0n) is 22.9. The number of benzene rings is 7. The van der Waals surface area contributed by atoms with Crippen LogP contribution in [0.15, 0.2) is 142 Å². The fourth-order valence-electron chi connectivity index (χ4n) is 7.10. The van der Waals surface area contributed by atoms with Gasteiger partial charge in [-0.3, -0.25) is 0 Å². The van der Waals surface area contributed by atoms with Crippen molar-refractivity contribution in [1.82, 2.24) is 0 Å². The molecule has 0 aliphatic carbocycles. The molecule has 2 nitrogen and oxygen atoms in total. The van der Waals surface area contributed by atoms with Gasteiger partial charge in [0.1, 0.15) is 16.7 Å². The van der Waals surface area contributed by atoms with Crippen LogP contribution in [0.2, 0.25) is 0 Å². The fourth-order valence-corrected chi connectivity index (χ4v) is 8.23. The Morgan fingerprint density at radius 3 is 1.91 bits per heavy atom. The summed E-state index contributed by atoms with van der Waals surface area (Å²) in [4.78, 5) is 0. The third kappa shape index (κ3) is 3.23. The molecule has 3 heteroatoms. The summed E-state index contributed by atoms with van der Waals surface area (Å²) in [6.45, 7) is 0. The standard InChI is InChI=1S/C40H22O2S/c1-3-10-28-26(8-1)38(24-16-17-25-32-20-23-18-19-41-33(23)22-35(32)42-34(25)21-24)27-9-2-4-11-29(27)39(28)31-13-7-15-37-40(31)30-12-5-6-14-36(30)43-37/h1-22H. The molecule has 3 aromatic heterocycles. The number of fused-ring (bicyclic) bond motifs is 9. The molecule has 10 rings (SSSR count). The van der Waals surface area contributed by atoms with Gasteiger partial charge in [-0.25, -0.2) is 0 Å². The van der Waals surface area contributed by atoms with Gasteiger partial charge in [-0.05, 0) is 80.2 Å². The van der Waals surface area contributed by atoms with Gasteiger partial charge in [-0.1, -0.05) is 84.9 Å². The van der Waals surface area contributed by atoms with E-state index in [1.165, 1.54) is 58.4 Å². The van der Waals surface area contributed by atoms with E-state index in [0.717, 1.165) is 38.5 Å². The van der Waals surface area contributed by atoms with Crippen LogP contribution in [0.1, 0.15) is 0 Å². The third-order valence-corrected chi connectivity index (χ3v) is 10.1. The molecule has 7 aromatic carbocycles. The highest BCUT2D eigenvalue weighted by molar-refractivity contribution is 7.25. The van der Waals surface area contributed by atoms with Crippen molar-refractivity contribution in [1.29, 1.82) is 0 Å². The summed E-state index contributed by atoms with van der Waals surface area (Å²) in [5, 5.41) is 10.9. The van der Waals surface area contributed by atoms with Crippen molar-refractivity contribution in [3.05, 3.63) is 134 Å². The van der Waals surface area contributed by atoms with Gasteiger partial charge in [0.05, 0.1) is 6.26 Å². The second kappa shape index (κ2) is 8.57. The van der Waals surface area contributed by atoms with Crippen LogP contribution in [0.5, 0.6) is 0 Å². The van der Waals surface area contributed by atoms with E-state index in [-0.39, 0.29) is 0 Å². The maximum atomic E-state index is 6.43. The predicted octanol–water partition coefficient (Wildman–Crippen LogP) is 12.3. The van der Waals surface area contributed by atoms with Crippen LogP contribution in [0, 0.1) is 0 Å². The number of hydrogen-bond acceptors (Lipinski definition) is 3. The van der Waals surface area contributed by atoms with Gasteiger partial charge in [0.15, 0.2) is 0 Å². The normalized spacial score (nSPS) is 12.2. The van der Waals surface area contributed by atoms with E-state index in [1.54, 1.807) is 6.26 Å². The molecule has 0 atom stereocenters. The van der Waals surface area contributed by atoms with Crippen LogP contribution in [0.25, 0.3) is 96.9 Å². The van der Waals surface area contributed by atoms with E-state index in [4.69, 9.17) is 8.83 Å². The molecule has 200 valence electrons. The maximum Gasteiger partial charge on any atom is 0.139 e. The first-order chi connectivity index (χ1) is 21.3. The van der Waals surface area contributed by atoms with Crippen molar-refractivity contribution in [3.63, 3.8) is 0 Å². The largest absolute Gasteiger partial charge is 0.464 e. The molecule has 3 heterocycles. The Morgan fingerprint density at radius 2 is 1.12 bits per heavy atom. The Balaban J connectivity index is 1.30. The average Bonchev–Trinajstić information content (AvgIpc) is 3.76. The number of furan rings is 2. The van der Waals surface area contributed by atoms with Crippen LogP contribution in [-0.2, 0) is 0 Å². The van der Waals surface area contributed by atoms with Gasteiger partial charge in [0.25, 0.3) is 0 Å². The van der Waals surface area contributed by atoms with Crippen LogP contribution in [0.4, 0.5) is 0 Å². The molecule has 0 N–H and O–H groups in total. The highest BCUT2D eigenvalue weighted by atomic mass is 32.1. The molecule has 0 saturated carbocycles. The van der Waals surface area contributed by atoms with Crippen molar-refractivity contribution in [3.8, 4) is 22.3 Å². The van der Waals surface area contributed by atoms with Gasteiger partial charge in [-0.2, -0.15) is 0 Å². The summed E-state index contributed by atoms with van der Waals surface area (Å²) in [6.07, 6.45) is 1.73. The Hall–Kier alpha value is -5.38. The van der Waals surface area contributed by atoms with Crippen LogP contribution >= 0.6 is 11.3 Å². The van der Waals surface area contributed by atoms with Crippen molar-refractivity contribution in [2.75, 3.05) is 0 Å². The number of thiophene rings is 1. The molecule has 0 fully saturated rings. The molecule has 0 aliphatic rings. The summed E-state index contributed by atoms with van der Waals surface area (Å²) in [7, 11) is 0. The molecule has 43 heavy (non-hydrogen) atoms. The summed E-state index contributed by atoms with van der Waals surface area (Å²) >= 11 is 1.87. The lowest BCUT2D eigenvalue weighted by molar-refractivity contribution is 0.613. The minimum absolute atomic E-state index is 0.841. The summed E-state index contributed by atoms with van der Waals surface area (Å²) in [5.41, 5.74) is 7.51. The smallest absolute Gasteiger partial charge is 0.139 e. The van der Waals surface area contributed by atoms with Gasteiger partial charge < -0.3 is 8.83 Å². The lowest BCUT2D eigenvalue weighted by Gasteiger charge is -2.18. The van der Waals surface area contributed by atoms with E-state index in [9.17, 15) is 0 Å². The van der Waals surface area contributed by atoms with Gasteiger partial charge >= 0.3 is 0 Å². The Kier molecular flexibility index (Phi) is 4.63. The molecule has 0 unspecified atom stereocenters. The zero-order chi connectivity index (χ0) is 28.1. The van der Waals surface area contributed by atoms with Crippen LogP contribution in [0.3, 0.4) is 0 Å². The molecule has 10 aromatic rings. The monoisotopic (exact) mass is 566 g/mol. The van der Waals surface area contributed by atoms with Gasteiger partial charge in [0.2, 0.25) is 0 Å². The molecule has 0 saturated heterocycles. The minimum Gasteiger partial charge on any atom is -0.464 e. The molecular weight excluding hydrogens is 545 g/mol. The van der Waals surface area contributed by atoms with E-state index in [0.29, 0.717) is 0 Å². The summed E-state index contributed by atoms with van der Waals surface area (Å²) in [5.74, 6) is 0. The Morgan fingerprint density at radius 1 is 0.442 bits per heavy atom. The zero-order valence-corrected chi connectivity index (χ0v) is 23.7. The first-order valence-electron chi connectivity index (χ1n) is 14.5. The third-order valence-electron chi connectivity index (χ3n) is 8.94. The SMILES string of the molecule is c1ccc2c(c1)sc1cccc(-c3c4ccccc4c(-c4ccc5c(c4)oc4cc6occc6cc45)c4ccccc34)c12. The van der Waals surface area contributed by atoms with Crippen molar-refractivity contribution in [2.24, 2.45) is 0 Å². The summed E-state index contributed by atoms with van der Waals surface area (Å²) < 4.78 is 14.7. The van der Waals surface area contributed by atoms with Crippen LogP contribution in [-0.4, -0.2) is 0 Å². The van der Waals surface area contributed by atoms with Crippen molar-refractivity contribution < 1.29 is 8.83 Å². The maximum absolute atomic E-state index is 6.43. The Labute approximate surface area is 250 Å². The van der Waals surface area contributed by atoms with Crippen molar-refractivity contribution in [2.45, 2.75) is 0 Å². The molecule has 0 aliphatic heterocycles. The molecule has 0 radical (unpaired) electrons. The van der Waals surface area contributed by atoms with E-state index in [1.807, 2.05) is 23.5 Å². The topological polar surface area (TPSA) is 26.3 Å².